The summed E-state index contributed by atoms with van der Waals surface area (Å²) < 4.78 is 0. The maximum atomic E-state index is 13.0. The van der Waals surface area contributed by atoms with E-state index in [-0.39, 0.29) is 5.91 Å². The van der Waals surface area contributed by atoms with E-state index in [0.29, 0.717) is 12.5 Å². The lowest BCUT2D eigenvalue weighted by Gasteiger charge is -2.17. The van der Waals surface area contributed by atoms with Crippen LogP contribution >= 0.6 is 11.3 Å². The van der Waals surface area contributed by atoms with Crippen LogP contribution in [0, 0.1) is 6.92 Å². The Kier molecular flexibility index (Phi) is 4.74. The number of thiazole rings is 1. The molecule has 0 radical (unpaired) electrons. The molecule has 1 fully saturated rings. The van der Waals surface area contributed by atoms with Gasteiger partial charge in [-0.3, -0.25) is 4.79 Å². The molecule has 134 valence electrons. The van der Waals surface area contributed by atoms with Crippen LogP contribution in [0.3, 0.4) is 0 Å². The molecule has 1 unspecified atom stereocenters. The van der Waals surface area contributed by atoms with E-state index < -0.39 is 0 Å². The van der Waals surface area contributed by atoms with Crippen LogP contribution in [0.15, 0.2) is 42.5 Å². The smallest absolute Gasteiger partial charge is 0.265 e. The average molecular weight is 366 g/mol. The number of benzene rings is 2. The summed E-state index contributed by atoms with van der Waals surface area (Å²) in [5.74, 6) is 0.507. The molecule has 5 heteroatoms. The van der Waals surface area contributed by atoms with Crippen LogP contribution in [-0.2, 0) is 6.42 Å². The average Bonchev–Trinajstić information content (AvgIpc) is 3.28. The second-order valence-electron chi connectivity index (χ2n) is 6.87. The zero-order valence-corrected chi connectivity index (χ0v) is 15.8. The van der Waals surface area contributed by atoms with E-state index in [1.54, 1.807) is 0 Å². The molecule has 2 heterocycles. The Bertz CT molecular complexity index is 944. The van der Waals surface area contributed by atoms with Gasteiger partial charge in [0.25, 0.3) is 5.91 Å². The number of hydrogen-bond acceptors (Lipinski definition) is 4. The molecule has 2 aromatic carbocycles. The molecule has 1 amide bonds. The van der Waals surface area contributed by atoms with Gasteiger partial charge in [0.2, 0.25) is 0 Å². The molecular weight excluding hydrogens is 342 g/mol. The summed E-state index contributed by atoms with van der Waals surface area (Å²) in [6, 6.07) is 15.0. The largest absolute Gasteiger partial charge is 0.337 e. The van der Waals surface area contributed by atoms with Crippen LogP contribution in [0.5, 0.6) is 0 Å². The third-order valence-electron chi connectivity index (χ3n) is 5.13. The molecule has 4 nitrogen and oxygen atoms in total. The van der Waals surface area contributed by atoms with Gasteiger partial charge in [0.1, 0.15) is 4.88 Å². The molecule has 1 atom stereocenters. The first-order valence-corrected chi connectivity index (χ1v) is 9.92. The SMILES string of the molecule is Cc1nc(CCN)sc1C(=O)N1CCC(c2cccc3ccccc23)C1. The zero-order chi connectivity index (χ0) is 18.1. The Morgan fingerprint density at radius 1 is 1.27 bits per heavy atom. The fourth-order valence-corrected chi connectivity index (χ4v) is 4.88. The Morgan fingerprint density at radius 3 is 2.92 bits per heavy atom. The number of carbonyl (C=O) groups excluding carboxylic acids is 1. The lowest BCUT2D eigenvalue weighted by Crippen LogP contribution is -2.28. The van der Waals surface area contributed by atoms with E-state index in [0.717, 1.165) is 41.5 Å². The fourth-order valence-electron chi connectivity index (χ4n) is 3.83. The highest BCUT2D eigenvalue weighted by Crippen LogP contribution is 2.33. The monoisotopic (exact) mass is 365 g/mol. The van der Waals surface area contributed by atoms with Gasteiger partial charge in [0, 0.05) is 25.4 Å². The maximum absolute atomic E-state index is 13.0. The molecular formula is C21H23N3OS. The van der Waals surface area contributed by atoms with Gasteiger partial charge in [0.15, 0.2) is 0 Å². The van der Waals surface area contributed by atoms with Crippen molar-refractivity contribution in [3.8, 4) is 0 Å². The highest BCUT2D eigenvalue weighted by atomic mass is 32.1. The summed E-state index contributed by atoms with van der Waals surface area (Å²) in [5, 5.41) is 3.52. The topological polar surface area (TPSA) is 59.2 Å². The Labute approximate surface area is 157 Å². The van der Waals surface area contributed by atoms with Gasteiger partial charge in [0.05, 0.1) is 10.7 Å². The van der Waals surface area contributed by atoms with Crippen LogP contribution in [-0.4, -0.2) is 35.4 Å². The van der Waals surface area contributed by atoms with E-state index in [4.69, 9.17) is 5.73 Å². The van der Waals surface area contributed by atoms with Crippen LogP contribution < -0.4 is 5.73 Å². The van der Waals surface area contributed by atoms with E-state index in [2.05, 4.69) is 47.4 Å². The molecule has 26 heavy (non-hydrogen) atoms. The van der Waals surface area contributed by atoms with Crippen LogP contribution in [0.4, 0.5) is 0 Å². The van der Waals surface area contributed by atoms with E-state index in [1.807, 2.05) is 11.8 Å². The number of fused-ring (bicyclic) bond motifs is 1. The van der Waals surface area contributed by atoms with Gasteiger partial charge >= 0.3 is 0 Å². The van der Waals surface area contributed by atoms with Crippen molar-refractivity contribution >= 4 is 28.0 Å². The minimum Gasteiger partial charge on any atom is -0.337 e. The van der Waals surface area contributed by atoms with Gasteiger partial charge in [-0.1, -0.05) is 42.5 Å². The van der Waals surface area contributed by atoms with Crippen molar-refractivity contribution in [1.82, 2.24) is 9.88 Å². The minimum absolute atomic E-state index is 0.117. The first-order valence-electron chi connectivity index (χ1n) is 9.10. The molecule has 0 bridgehead atoms. The van der Waals surface area contributed by atoms with Crippen molar-refractivity contribution in [2.45, 2.75) is 25.7 Å². The molecule has 1 aliphatic rings. The van der Waals surface area contributed by atoms with Crippen molar-refractivity contribution in [3.63, 3.8) is 0 Å². The highest BCUT2D eigenvalue weighted by Gasteiger charge is 2.30. The highest BCUT2D eigenvalue weighted by molar-refractivity contribution is 7.13. The number of amides is 1. The second-order valence-corrected chi connectivity index (χ2v) is 7.95. The van der Waals surface area contributed by atoms with Crippen molar-refractivity contribution in [2.75, 3.05) is 19.6 Å². The van der Waals surface area contributed by atoms with Gasteiger partial charge < -0.3 is 10.6 Å². The summed E-state index contributed by atoms with van der Waals surface area (Å²) in [4.78, 5) is 20.2. The van der Waals surface area contributed by atoms with Crippen molar-refractivity contribution < 1.29 is 4.79 Å². The summed E-state index contributed by atoms with van der Waals surface area (Å²) in [5.41, 5.74) is 7.80. The van der Waals surface area contributed by atoms with Crippen molar-refractivity contribution in [3.05, 3.63) is 63.6 Å². The van der Waals surface area contributed by atoms with Crippen molar-refractivity contribution in [1.29, 1.82) is 0 Å². The molecule has 0 saturated carbocycles. The summed E-state index contributed by atoms with van der Waals surface area (Å²) in [6.45, 7) is 4.06. The normalized spacial score (nSPS) is 17.2. The molecule has 1 aromatic heterocycles. The first-order chi connectivity index (χ1) is 12.7. The standard InChI is InChI=1S/C21H23N3OS/c1-14-20(26-19(23-14)9-11-22)21(25)24-12-10-16(13-24)18-8-4-6-15-5-2-3-7-17(15)18/h2-8,16H,9-13,22H2,1H3. The lowest BCUT2D eigenvalue weighted by molar-refractivity contribution is 0.0794. The number of hydrogen-bond donors (Lipinski definition) is 1. The molecule has 2 N–H and O–H groups in total. The van der Waals surface area contributed by atoms with Crippen LogP contribution in [0.25, 0.3) is 10.8 Å². The molecule has 1 aliphatic heterocycles. The minimum atomic E-state index is 0.117. The van der Waals surface area contributed by atoms with E-state index in [9.17, 15) is 4.79 Å². The predicted molar refractivity (Wildman–Crippen MR) is 107 cm³/mol. The number of aromatic nitrogens is 1. The third-order valence-corrected chi connectivity index (χ3v) is 6.34. The summed E-state index contributed by atoms with van der Waals surface area (Å²) in [6.07, 6.45) is 1.74. The Morgan fingerprint density at radius 2 is 2.08 bits per heavy atom. The molecule has 4 rings (SSSR count). The first kappa shape index (κ1) is 17.2. The Balaban J connectivity index is 1.56. The van der Waals surface area contributed by atoms with Gasteiger partial charge in [-0.25, -0.2) is 4.98 Å². The number of likely N-dealkylation sites (tertiary alicyclic amines) is 1. The molecule has 3 aromatic rings. The number of nitrogens with zero attached hydrogens (tertiary/aromatic N) is 2. The van der Waals surface area contributed by atoms with Gasteiger partial charge in [-0.15, -0.1) is 11.3 Å². The molecule has 1 saturated heterocycles. The second kappa shape index (κ2) is 7.17. The number of aryl methyl sites for hydroxylation is 1. The van der Waals surface area contributed by atoms with Crippen LogP contribution in [0.2, 0.25) is 0 Å². The molecule has 0 spiro atoms. The van der Waals surface area contributed by atoms with Crippen molar-refractivity contribution in [2.24, 2.45) is 5.73 Å². The quantitative estimate of drug-likeness (QED) is 0.766. The maximum Gasteiger partial charge on any atom is 0.265 e. The zero-order valence-electron chi connectivity index (χ0n) is 14.9. The number of nitrogens with two attached hydrogens (primary N) is 1. The molecule has 0 aliphatic carbocycles. The predicted octanol–water partition coefficient (Wildman–Crippen LogP) is 3.74. The van der Waals surface area contributed by atoms with Gasteiger partial charge in [-0.2, -0.15) is 0 Å². The lowest BCUT2D eigenvalue weighted by atomic mass is 9.93. The van der Waals surface area contributed by atoms with E-state index in [1.165, 1.54) is 27.7 Å². The number of carbonyl (C=O) groups is 1. The van der Waals surface area contributed by atoms with Gasteiger partial charge in [-0.05, 0) is 36.2 Å². The van der Waals surface area contributed by atoms with Crippen LogP contribution in [0.1, 0.15) is 38.3 Å². The summed E-state index contributed by atoms with van der Waals surface area (Å²) in [7, 11) is 0. The Hall–Kier alpha value is -2.24. The fraction of sp³-hybridized carbons (Fsp3) is 0.333. The van der Waals surface area contributed by atoms with E-state index >= 15 is 0 Å². The summed E-state index contributed by atoms with van der Waals surface area (Å²) >= 11 is 1.50. The number of rotatable bonds is 4. The third kappa shape index (κ3) is 3.13.